The van der Waals surface area contributed by atoms with Gasteiger partial charge in [-0.2, -0.15) is 0 Å². The molecule has 1 aliphatic rings. The maximum atomic E-state index is 13.3. The highest BCUT2D eigenvalue weighted by Gasteiger charge is 2.15. The van der Waals surface area contributed by atoms with Crippen LogP contribution >= 0.6 is 11.3 Å². The van der Waals surface area contributed by atoms with Gasteiger partial charge in [0.2, 0.25) is 0 Å². The molecule has 5 heteroatoms. The van der Waals surface area contributed by atoms with E-state index < -0.39 is 11.6 Å². The predicted octanol–water partition coefficient (Wildman–Crippen LogP) is 4.75. The number of nitrogens with zero attached hydrogens (tertiary/aromatic N) is 2. The van der Waals surface area contributed by atoms with Gasteiger partial charge in [-0.3, -0.25) is 0 Å². The lowest BCUT2D eigenvalue weighted by molar-refractivity contribution is 0.200. The second-order valence-corrected chi connectivity index (χ2v) is 7.37. The van der Waals surface area contributed by atoms with E-state index in [1.165, 1.54) is 38.4 Å². The Balaban J connectivity index is 1.61. The summed E-state index contributed by atoms with van der Waals surface area (Å²) in [6, 6.07) is 3.95. The molecule has 124 valence electrons. The van der Waals surface area contributed by atoms with E-state index in [0.29, 0.717) is 11.5 Å². The molecular weight excluding hydrogens is 314 g/mol. The third kappa shape index (κ3) is 4.36. The maximum Gasteiger partial charge on any atom is 0.159 e. The second kappa shape index (κ2) is 7.49. The molecule has 0 amide bonds. The summed E-state index contributed by atoms with van der Waals surface area (Å²) in [4.78, 5) is 7.13. The van der Waals surface area contributed by atoms with Crippen molar-refractivity contribution in [1.29, 1.82) is 0 Å². The molecule has 1 aromatic carbocycles. The number of aromatic nitrogens is 1. The van der Waals surface area contributed by atoms with E-state index in [1.54, 1.807) is 17.4 Å². The molecular formula is C18H22F2N2S. The standard InChI is InChI=1S/C18H22F2N2S/c1-13(11-22-7-3-2-4-8-22)9-18-21-17(12-23-18)14-5-6-15(19)16(20)10-14/h5-6,10,12-13H,2-4,7-9,11H2,1H3. The monoisotopic (exact) mass is 336 g/mol. The van der Waals surface area contributed by atoms with Crippen LogP contribution in [0.5, 0.6) is 0 Å². The highest BCUT2D eigenvalue weighted by atomic mass is 32.1. The van der Waals surface area contributed by atoms with E-state index in [1.807, 2.05) is 5.38 Å². The molecule has 1 fully saturated rings. The van der Waals surface area contributed by atoms with Gasteiger partial charge < -0.3 is 4.90 Å². The predicted molar refractivity (Wildman–Crippen MR) is 90.6 cm³/mol. The number of likely N-dealkylation sites (tertiary alicyclic amines) is 1. The van der Waals surface area contributed by atoms with Crippen molar-refractivity contribution < 1.29 is 8.78 Å². The van der Waals surface area contributed by atoms with E-state index in [0.717, 1.165) is 29.7 Å². The topological polar surface area (TPSA) is 16.1 Å². The summed E-state index contributed by atoms with van der Waals surface area (Å²) in [5, 5.41) is 2.99. The van der Waals surface area contributed by atoms with Gasteiger partial charge in [0.15, 0.2) is 11.6 Å². The van der Waals surface area contributed by atoms with Crippen LogP contribution in [0, 0.1) is 17.6 Å². The Morgan fingerprint density at radius 3 is 2.70 bits per heavy atom. The van der Waals surface area contributed by atoms with Crippen LogP contribution in [-0.4, -0.2) is 29.5 Å². The second-order valence-electron chi connectivity index (χ2n) is 6.43. The van der Waals surface area contributed by atoms with Gasteiger partial charge in [-0.25, -0.2) is 13.8 Å². The van der Waals surface area contributed by atoms with Crippen LogP contribution < -0.4 is 0 Å². The average molecular weight is 336 g/mol. The summed E-state index contributed by atoms with van der Waals surface area (Å²) in [5.41, 5.74) is 1.36. The summed E-state index contributed by atoms with van der Waals surface area (Å²) in [6.07, 6.45) is 4.91. The lowest BCUT2D eigenvalue weighted by atomic mass is 10.1. The van der Waals surface area contributed by atoms with E-state index in [4.69, 9.17) is 0 Å². The molecule has 1 atom stereocenters. The van der Waals surface area contributed by atoms with Crippen molar-refractivity contribution in [2.75, 3.05) is 19.6 Å². The van der Waals surface area contributed by atoms with Crippen molar-refractivity contribution in [2.45, 2.75) is 32.6 Å². The molecule has 0 saturated carbocycles. The molecule has 1 aliphatic heterocycles. The number of benzene rings is 1. The summed E-state index contributed by atoms with van der Waals surface area (Å²) in [6.45, 7) is 5.79. The minimum atomic E-state index is -0.824. The zero-order chi connectivity index (χ0) is 16.2. The third-order valence-corrected chi connectivity index (χ3v) is 5.18. The molecule has 1 unspecified atom stereocenters. The highest BCUT2D eigenvalue weighted by molar-refractivity contribution is 7.09. The normalized spacial score (nSPS) is 17.3. The Kier molecular flexibility index (Phi) is 5.38. The zero-order valence-corrected chi connectivity index (χ0v) is 14.2. The molecule has 23 heavy (non-hydrogen) atoms. The summed E-state index contributed by atoms with van der Waals surface area (Å²) < 4.78 is 26.4. The van der Waals surface area contributed by atoms with E-state index in [9.17, 15) is 8.78 Å². The van der Waals surface area contributed by atoms with Crippen molar-refractivity contribution in [1.82, 2.24) is 9.88 Å². The number of rotatable bonds is 5. The van der Waals surface area contributed by atoms with E-state index in [2.05, 4.69) is 16.8 Å². The highest BCUT2D eigenvalue weighted by Crippen LogP contribution is 2.25. The Bertz CT molecular complexity index is 650. The molecule has 2 heterocycles. The number of thiazole rings is 1. The van der Waals surface area contributed by atoms with Gasteiger partial charge in [0.25, 0.3) is 0 Å². The molecule has 0 spiro atoms. The quantitative estimate of drug-likeness (QED) is 0.783. The largest absolute Gasteiger partial charge is 0.303 e. The third-order valence-electron chi connectivity index (χ3n) is 4.31. The van der Waals surface area contributed by atoms with Gasteiger partial charge in [-0.15, -0.1) is 11.3 Å². The van der Waals surface area contributed by atoms with Crippen LogP contribution in [0.3, 0.4) is 0 Å². The SMILES string of the molecule is CC(Cc1nc(-c2ccc(F)c(F)c2)cs1)CN1CCCCC1. The minimum Gasteiger partial charge on any atom is -0.303 e. The van der Waals surface area contributed by atoms with Crippen LogP contribution in [0.4, 0.5) is 8.78 Å². The summed E-state index contributed by atoms with van der Waals surface area (Å²) in [5.74, 6) is -1.09. The van der Waals surface area contributed by atoms with Crippen molar-refractivity contribution in [3.8, 4) is 11.3 Å². The van der Waals surface area contributed by atoms with Crippen molar-refractivity contribution >= 4 is 11.3 Å². The molecule has 1 saturated heterocycles. The first-order valence-corrected chi connectivity index (χ1v) is 9.12. The Morgan fingerprint density at radius 2 is 1.96 bits per heavy atom. The van der Waals surface area contributed by atoms with Crippen LogP contribution in [0.1, 0.15) is 31.2 Å². The van der Waals surface area contributed by atoms with Gasteiger partial charge >= 0.3 is 0 Å². The number of halogens is 2. The first kappa shape index (κ1) is 16.5. The Morgan fingerprint density at radius 1 is 1.17 bits per heavy atom. The van der Waals surface area contributed by atoms with Gasteiger partial charge in [0, 0.05) is 23.9 Å². The van der Waals surface area contributed by atoms with Gasteiger partial charge in [0.1, 0.15) is 0 Å². The van der Waals surface area contributed by atoms with Crippen LogP contribution in [0.2, 0.25) is 0 Å². The fraction of sp³-hybridized carbons (Fsp3) is 0.500. The molecule has 0 radical (unpaired) electrons. The molecule has 1 aromatic heterocycles. The fourth-order valence-corrected chi connectivity index (χ4v) is 4.11. The van der Waals surface area contributed by atoms with Gasteiger partial charge in [-0.1, -0.05) is 13.3 Å². The average Bonchev–Trinajstić information content (AvgIpc) is 2.99. The van der Waals surface area contributed by atoms with Gasteiger partial charge in [0.05, 0.1) is 10.7 Å². The smallest absolute Gasteiger partial charge is 0.159 e. The van der Waals surface area contributed by atoms with E-state index in [-0.39, 0.29) is 0 Å². The van der Waals surface area contributed by atoms with Crippen molar-refractivity contribution in [3.05, 3.63) is 40.2 Å². The number of hydrogen-bond donors (Lipinski definition) is 0. The fourth-order valence-electron chi connectivity index (χ4n) is 3.14. The zero-order valence-electron chi connectivity index (χ0n) is 13.4. The van der Waals surface area contributed by atoms with Crippen molar-refractivity contribution in [3.63, 3.8) is 0 Å². The van der Waals surface area contributed by atoms with Crippen LogP contribution in [-0.2, 0) is 6.42 Å². The Hall–Kier alpha value is -1.33. The molecule has 0 N–H and O–H groups in total. The van der Waals surface area contributed by atoms with Crippen molar-refractivity contribution in [2.24, 2.45) is 5.92 Å². The minimum absolute atomic E-state index is 0.553. The maximum absolute atomic E-state index is 13.3. The van der Waals surface area contributed by atoms with E-state index >= 15 is 0 Å². The van der Waals surface area contributed by atoms with Gasteiger partial charge in [-0.05, 0) is 50.0 Å². The summed E-state index contributed by atoms with van der Waals surface area (Å²) in [7, 11) is 0. The summed E-state index contributed by atoms with van der Waals surface area (Å²) >= 11 is 1.60. The number of piperidine rings is 1. The molecule has 2 nitrogen and oxygen atoms in total. The lowest BCUT2D eigenvalue weighted by Gasteiger charge is -2.28. The lowest BCUT2D eigenvalue weighted by Crippen LogP contribution is -2.34. The van der Waals surface area contributed by atoms with Crippen LogP contribution in [0.25, 0.3) is 11.3 Å². The first-order chi connectivity index (χ1) is 11.1. The molecule has 3 rings (SSSR count). The van der Waals surface area contributed by atoms with Crippen LogP contribution in [0.15, 0.2) is 23.6 Å². The Labute approximate surface area is 140 Å². The molecule has 0 aliphatic carbocycles. The molecule has 2 aromatic rings. The molecule has 0 bridgehead atoms. The number of hydrogen-bond acceptors (Lipinski definition) is 3. The first-order valence-electron chi connectivity index (χ1n) is 8.24.